The summed E-state index contributed by atoms with van der Waals surface area (Å²) in [5.74, 6) is -0.142. The summed E-state index contributed by atoms with van der Waals surface area (Å²) >= 11 is 6.05. The molecule has 2 aromatic rings. The highest BCUT2D eigenvalue weighted by Crippen LogP contribution is 2.26. The van der Waals surface area contributed by atoms with E-state index in [0.29, 0.717) is 22.1 Å². The van der Waals surface area contributed by atoms with Gasteiger partial charge in [-0.2, -0.15) is 0 Å². The third kappa shape index (κ3) is 4.99. The normalized spacial score (nSPS) is 11.2. The molecule has 0 bridgehead atoms. The number of benzene rings is 2. The molecule has 0 atom stereocenters. The van der Waals surface area contributed by atoms with E-state index in [-0.39, 0.29) is 6.10 Å². The first-order valence-electron chi connectivity index (χ1n) is 8.34. The van der Waals surface area contributed by atoms with E-state index in [1.54, 1.807) is 62.4 Å². The number of ether oxygens (including phenoxy) is 1. The Morgan fingerprint density at radius 3 is 2.12 bits per heavy atom. The topological polar surface area (TPSA) is 67.4 Å². The summed E-state index contributed by atoms with van der Waals surface area (Å²) in [6.07, 6.45) is 0.0721. The Bertz CT molecular complexity index is 786. The third-order valence-electron chi connectivity index (χ3n) is 3.74. The van der Waals surface area contributed by atoms with Crippen LogP contribution in [0.15, 0.2) is 48.5 Å². The third-order valence-corrected chi connectivity index (χ3v) is 4.07. The van der Waals surface area contributed by atoms with Gasteiger partial charge in [0.1, 0.15) is 11.2 Å². The Morgan fingerprint density at radius 2 is 1.54 bits per heavy atom. The van der Waals surface area contributed by atoms with Gasteiger partial charge >= 0.3 is 0 Å². The lowest BCUT2D eigenvalue weighted by molar-refractivity contribution is -0.135. The summed E-state index contributed by atoms with van der Waals surface area (Å²) in [7, 11) is 0. The van der Waals surface area contributed by atoms with Gasteiger partial charge in [0, 0.05) is 5.69 Å². The molecule has 2 amide bonds. The van der Waals surface area contributed by atoms with Gasteiger partial charge in [0.25, 0.3) is 0 Å². The summed E-state index contributed by atoms with van der Waals surface area (Å²) in [5.41, 5.74) is -0.230. The van der Waals surface area contributed by atoms with E-state index in [4.69, 9.17) is 16.3 Å². The van der Waals surface area contributed by atoms with Crippen molar-refractivity contribution in [1.82, 2.24) is 0 Å². The standard InChI is InChI=1S/C20H23ClN2O3/c1-13(2)26-15-11-9-14(10-12-15)22-18(24)20(3,4)19(25)23-17-8-6-5-7-16(17)21/h5-13H,1-4H3,(H,22,24)(H,23,25). The van der Waals surface area contributed by atoms with Crippen molar-refractivity contribution >= 4 is 34.8 Å². The summed E-state index contributed by atoms with van der Waals surface area (Å²) in [4.78, 5) is 25.1. The van der Waals surface area contributed by atoms with Crippen molar-refractivity contribution in [3.05, 3.63) is 53.6 Å². The first-order chi connectivity index (χ1) is 12.2. The molecule has 138 valence electrons. The highest BCUT2D eigenvalue weighted by Gasteiger charge is 2.36. The van der Waals surface area contributed by atoms with Crippen molar-refractivity contribution in [2.75, 3.05) is 10.6 Å². The fourth-order valence-corrected chi connectivity index (χ4v) is 2.30. The summed E-state index contributed by atoms with van der Waals surface area (Å²) in [5, 5.41) is 5.87. The van der Waals surface area contributed by atoms with Crippen molar-refractivity contribution in [2.24, 2.45) is 5.41 Å². The number of anilines is 2. The molecule has 6 heteroatoms. The van der Waals surface area contributed by atoms with E-state index >= 15 is 0 Å². The average molecular weight is 375 g/mol. The number of hydrogen-bond acceptors (Lipinski definition) is 3. The minimum Gasteiger partial charge on any atom is -0.491 e. The maximum absolute atomic E-state index is 12.6. The number of hydrogen-bond donors (Lipinski definition) is 2. The maximum atomic E-state index is 12.6. The molecule has 0 unspecified atom stereocenters. The van der Waals surface area contributed by atoms with E-state index < -0.39 is 17.2 Å². The molecule has 0 aliphatic carbocycles. The van der Waals surface area contributed by atoms with E-state index in [9.17, 15) is 9.59 Å². The average Bonchev–Trinajstić information content (AvgIpc) is 2.58. The molecule has 0 aliphatic rings. The van der Waals surface area contributed by atoms with Crippen molar-refractivity contribution < 1.29 is 14.3 Å². The molecular weight excluding hydrogens is 352 g/mol. The Labute approximate surface area is 158 Å². The van der Waals surface area contributed by atoms with Crippen LogP contribution in [-0.2, 0) is 9.59 Å². The maximum Gasteiger partial charge on any atom is 0.239 e. The molecule has 2 rings (SSSR count). The Kier molecular flexibility index (Phi) is 6.27. The molecule has 0 heterocycles. The van der Waals surface area contributed by atoms with E-state index in [1.165, 1.54) is 0 Å². The fraction of sp³-hybridized carbons (Fsp3) is 0.300. The number of rotatable bonds is 6. The minimum atomic E-state index is -1.29. The Balaban J connectivity index is 2.04. The highest BCUT2D eigenvalue weighted by molar-refractivity contribution is 6.34. The van der Waals surface area contributed by atoms with Crippen LogP contribution in [0.4, 0.5) is 11.4 Å². The van der Waals surface area contributed by atoms with Crippen LogP contribution in [0.1, 0.15) is 27.7 Å². The number of para-hydroxylation sites is 1. The first-order valence-corrected chi connectivity index (χ1v) is 8.72. The van der Waals surface area contributed by atoms with E-state index in [0.717, 1.165) is 0 Å². The zero-order chi connectivity index (χ0) is 19.3. The predicted molar refractivity (Wildman–Crippen MR) is 105 cm³/mol. The van der Waals surface area contributed by atoms with Crippen LogP contribution in [0.3, 0.4) is 0 Å². The fourth-order valence-electron chi connectivity index (χ4n) is 2.12. The lowest BCUT2D eigenvalue weighted by atomic mass is 9.90. The molecule has 0 fully saturated rings. The lowest BCUT2D eigenvalue weighted by Crippen LogP contribution is -2.41. The highest BCUT2D eigenvalue weighted by atomic mass is 35.5. The van der Waals surface area contributed by atoms with Gasteiger partial charge in [-0.25, -0.2) is 0 Å². The molecule has 0 saturated heterocycles. The molecule has 0 spiro atoms. The molecule has 0 saturated carbocycles. The smallest absolute Gasteiger partial charge is 0.239 e. The first kappa shape index (κ1) is 19.8. The number of nitrogens with one attached hydrogen (secondary N) is 2. The molecule has 0 aromatic heterocycles. The number of halogens is 1. The number of carbonyl (C=O) groups excluding carboxylic acids is 2. The largest absolute Gasteiger partial charge is 0.491 e. The SMILES string of the molecule is CC(C)Oc1ccc(NC(=O)C(C)(C)C(=O)Nc2ccccc2Cl)cc1. The second kappa shape index (κ2) is 8.23. The Hall–Kier alpha value is -2.53. The van der Waals surface area contributed by atoms with Crippen molar-refractivity contribution in [3.63, 3.8) is 0 Å². The number of carbonyl (C=O) groups is 2. The zero-order valence-corrected chi connectivity index (χ0v) is 16.1. The molecule has 5 nitrogen and oxygen atoms in total. The molecule has 0 radical (unpaired) electrons. The minimum absolute atomic E-state index is 0.0721. The summed E-state index contributed by atoms with van der Waals surface area (Å²) in [6.45, 7) is 7.00. The van der Waals surface area contributed by atoms with Crippen LogP contribution < -0.4 is 15.4 Å². The molecule has 26 heavy (non-hydrogen) atoms. The van der Waals surface area contributed by atoms with Crippen molar-refractivity contribution in [2.45, 2.75) is 33.8 Å². The van der Waals surface area contributed by atoms with Gasteiger partial charge in [0.15, 0.2) is 0 Å². The number of amides is 2. The van der Waals surface area contributed by atoms with Gasteiger partial charge in [-0.05, 0) is 64.1 Å². The monoisotopic (exact) mass is 374 g/mol. The molecular formula is C20H23ClN2O3. The molecule has 2 N–H and O–H groups in total. The van der Waals surface area contributed by atoms with Crippen LogP contribution in [-0.4, -0.2) is 17.9 Å². The van der Waals surface area contributed by atoms with Crippen LogP contribution in [0.25, 0.3) is 0 Å². The van der Waals surface area contributed by atoms with Crippen molar-refractivity contribution in [1.29, 1.82) is 0 Å². The summed E-state index contributed by atoms with van der Waals surface area (Å²) in [6, 6.07) is 13.9. The molecule has 2 aromatic carbocycles. The second-order valence-electron chi connectivity index (χ2n) is 6.70. The predicted octanol–water partition coefficient (Wildman–Crippen LogP) is 4.73. The molecule has 0 aliphatic heterocycles. The van der Waals surface area contributed by atoms with Gasteiger partial charge in [0.05, 0.1) is 16.8 Å². The van der Waals surface area contributed by atoms with Gasteiger partial charge in [-0.1, -0.05) is 23.7 Å². The Morgan fingerprint density at radius 1 is 0.962 bits per heavy atom. The van der Waals surface area contributed by atoms with Gasteiger partial charge < -0.3 is 15.4 Å². The van der Waals surface area contributed by atoms with E-state index in [1.807, 2.05) is 13.8 Å². The second-order valence-corrected chi connectivity index (χ2v) is 7.11. The van der Waals surface area contributed by atoms with E-state index in [2.05, 4.69) is 10.6 Å². The van der Waals surface area contributed by atoms with Crippen LogP contribution in [0.5, 0.6) is 5.75 Å². The van der Waals surface area contributed by atoms with Gasteiger partial charge in [0.2, 0.25) is 11.8 Å². The van der Waals surface area contributed by atoms with Gasteiger partial charge in [-0.3, -0.25) is 9.59 Å². The quantitative estimate of drug-likeness (QED) is 0.718. The zero-order valence-electron chi connectivity index (χ0n) is 15.3. The van der Waals surface area contributed by atoms with Crippen LogP contribution in [0, 0.1) is 5.41 Å². The van der Waals surface area contributed by atoms with Gasteiger partial charge in [-0.15, -0.1) is 0 Å². The van der Waals surface area contributed by atoms with Crippen molar-refractivity contribution in [3.8, 4) is 5.75 Å². The lowest BCUT2D eigenvalue weighted by Gasteiger charge is -2.23. The van der Waals surface area contributed by atoms with Crippen LogP contribution in [0.2, 0.25) is 5.02 Å². The summed E-state index contributed by atoms with van der Waals surface area (Å²) < 4.78 is 5.57. The van der Waals surface area contributed by atoms with Crippen LogP contribution >= 0.6 is 11.6 Å².